The van der Waals surface area contributed by atoms with E-state index < -0.39 is 6.09 Å². The van der Waals surface area contributed by atoms with Crippen LogP contribution in [0.1, 0.15) is 35.7 Å². The maximum atomic E-state index is 10.9. The van der Waals surface area contributed by atoms with Crippen LogP contribution in [0, 0.1) is 0 Å². The van der Waals surface area contributed by atoms with E-state index in [9.17, 15) is 4.79 Å². The van der Waals surface area contributed by atoms with Crippen LogP contribution >= 0.6 is 0 Å². The zero-order valence-corrected chi connectivity index (χ0v) is 8.89. The van der Waals surface area contributed by atoms with Gasteiger partial charge in [-0.25, -0.2) is 14.8 Å². The van der Waals surface area contributed by atoms with Gasteiger partial charge >= 0.3 is 6.09 Å². The number of hydrogen-bond donors (Lipinski definition) is 1. The van der Waals surface area contributed by atoms with Crippen LogP contribution in [0.3, 0.4) is 0 Å². The third kappa shape index (κ3) is 1.52. The maximum absolute atomic E-state index is 10.9. The minimum absolute atomic E-state index is 0.410. The summed E-state index contributed by atoms with van der Waals surface area (Å²) in [6, 6.07) is 0. The van der Waals surface area contributed by atoms with E-state index in [4.69, 9.17) is 5.11 Å². The van der Waals surface area contributed by atoms with Gasteiger partial charge in [-0.15, -0.1) is 0 Å². The fraction of sp³-hybridized carbons (Fsp3) is 0.545. The van der Waals surface area contributed by atoms with Crippen molar-refractivity contribution in [2.24, 2.45) is 0 Å². The molecule has 1 amide bonds. The number of amides is 1. The van der Waals surface area contributed by atoms with Crippen LogP contribution < -0.4 is 0 Å². The van der Waals surface area contributed by atoms with Gasteiger partial charge in [-0.2, -0.15) is 0 Å². The van der Waals surface area contributed by atoms with Gasteiger partial charge in [0.05, 0.1) is 17.9 Å². The SMILES string of the molecule is O=C(O)N1CCc2c(ncnc2C2CC2)C1. The van der Waals surface area contributed by atoms with Gasteiger partial charge < -0.3 is 10.0 Å². The summed E-state index contributed by atoms with van der Waals surface area (Å²) < 4.78 is 0. The number of hydrogen-bond acceptors (Lipinski definition) is 3. The number of fused-ring (bicyclic) bond motifs is 1. The molecule has 0 atom stereocenters. The van der Waals surface area contributed by atoms with Crippen molar-refractivity contribution in [3.05, 3.63) is 23.3 Å². The molecular weight excluding hydrogens is 206 g/mol. The van der Waals surface area contributed by atoms with Crippen LogP contribution in [0.15, 0.2) is 6.33 Å². The molecule has 1 N–H and O–H groups in total. The molecule has 0 spiro atoms. The fourth-order valence-corrected chi connectivity index (χ4v) is 2.25. The van der Waals surface area contributed by atoms with Crippen molar-refractivity contribution in [3.63, 3.8) is 0 Å². The molecule has 84 valence electrons. The molecule has 1 fully saturated rings. The standard InChI is InChI=1S/C11H13N3O2/c15-11(16)14-4-3-8-9(5-14)12-6-13-10(8)7-1-2-7/h6-7H,1-5H2,(H,15,16). The van der Waals surface area contributed by atoms with Crippen LogP contribution in [0.4, 0.5) is 4.79 Å². The minimum atomic E-state index is -0.864. The van der Waals surface area contributed by atoms with E-state index in [-0.39, 0.29) is 0 Å². The number of carboxylic acid groups (broad SMARTS) is 1. The molecule has 1 aromatic rings. The summed E-state index contributed by atoms with van der Waals surface area (Å²) in [7, 11) is 0. The average molecular weight is 219 g/mol. The second kappa shape index (κ2) is 3.43. The highest BCUT2D eigenvalue weighted by Crippen LogP contribution is 2.41. The normalized spacial score (nSPS) is 19.4. The molecule has 16 heavy (non-hydrogen) atoms. The van der Waals surface area contributed by atoms with Crippen molar-refractivity contribution in [2.45, 2.75) is 31.7 Å². The van der Waals surface area contributed by atoms with E-state index in [1.54, 1.807) is 6.33 Å². The molecule has 2 heterocycles. The predicted octanol–water partition coefficient (Wildman–Crippen LogP) is 1.39. The summed E-state index contributed by atoms with van der Waals surface area (Å²) in [5.74, 6) is 0.605. The first kappa shape index (κ1) is 9.57. The summed E-state index contributed by atoms with van der Waals surface area (Å²) >= 11 is 0. The second-order valence-corrected chi connectivity index (χ2v) is 4.41. The lowest BCUT2D eigenvalue weighted by molar-refractivity contribution is 0.139. The zero-order chi connectivity index (χ0) is 11.1. The number of nitrogens with zero attached hydrogens (tertiary/aromatic N) is 3. The van der Waals surface area contributed by atoms with Crippen molar-refractivity contribution in [1.29, 1.82) is 0 Å². The van der Waals surface area contributed by atoms with E-state index in [0.717, 1.165) is 17.8 Å². The van der Waals surface area contributed by atoms with Gasteiger partial charge in [0.2, 0.25) is 0 Å². The summed E-state index contributed by atoms with van der Waals surface area (Å²) in [5, 5.41) is 8.94. The number of carbonyl (C=O) groups is 1. The Kier molecular flexibility index (Phi) is 2.05. The smallest absolute Gasteiger partial charge is 0.407 e. The molecular formula is C11H13N3O2. The Morgan fingerprint density at radius 3 is 2.94 bits per heavy atom. The average Bonchev–Trinajstić information content (AvgIpc) is 3.11. The monoisotopic (exact) mass is 219 g/mol. The molecule has 5 nitrogen and oxygen atoms in total. The first-order chi connectivity index (χ1) is 7.75. The van der Waals surface area contributed by atoms with Gasteiger partial charge in [-0.1, -0.05) is 0 Å². The number of aromatic nitrogens is 2. The van der Waals surface area contributed by atoms with Gasteiger partial charge in [0.15, 0.2) is 0 Å². The van der Waals surface area contributed by atoms with E-state index in [2.05, 4.69) is 9.97 Å². The van der Waals surface area contributed by atoms with Crippen LogP contribution in [0.5, 0.6) is 0 Å². The molecule has 5 heteroatoms. The molecule has 0 aromatic carbocycles. The van der Waals surface area contributed by atoms with Gasteiger partial charge in [-0.3, -0.25) is 0 Å². The maximum Gasteiger partial charge on any atom is 0.407 e. The van der Waals surface area contributed by atoms with E-state index in [1.807, 2.05) is 0 Å². The van der Waals surface area contributed by atoms with Crippen molar-refractivity contribution >= 4 is 6.09 Å². The largest absolute Gasteiger partial charge is 0.465 e. The molecule has 2 aliphatic rings. The van der Waals surface area contributed by atoms with Gasteiger partial charge in [0.25, 0.3) is 0 Å². The van der Waals surface area contributed by atoms with E-state index in [1.165, 1.54) is 23.3 Å². The summed E-state index contributed by atoms with van der Waals surface area (Å²) in [6.07, 6.45) is 3.89. The Balaban J connectivity index is 1.94. The third-order valence-corrected chi connectivity index (χ3v) is 3.27. The molecule has 1 saturated carbocycles. The Morgan fingerprint density at radius 1 is 1.44 bits per heavy atom. The molecule has 1 aliphatic carbocycles. The van der Waals surface area contributed by atoms with Gasteiger partial charge in [0, 0.05) is 12.5 Å². The minimum Gasteiger partial charge on any atom is -0.465 e. The highest BCUT2D eigenvalue weighted by molar-refractivity contribution is 5.65. The lowest BCUT2D eigenvalue weighted by Crippen LogP contribution is -2.35. The first-order valence-electron chi connectivity index (χ1n) is 5.56. The van der Waals surface area contributed by atoms with Crippen LogP contribution in [-0.4, -0.2) is 32.6 Å². The van der Waals surface area contributed by atoms with Crippen molar-refractivity contribution in [1.82, 2.24) is 14.9 Å². The lowest BCUT2D eigenvalue weighted by atomic mass is 10.0. The van der Waals surface area contributed by atoms with Gasteiger partial charge in [-0.05, 0) is 24.8 Å². The fourth-order valence-electron chi connectivity index (χ4n) is 2.25. The molecule has 0 saturated heterocycles. The van der Waals surface area contributed by atoms with Crippen molar-refractivity contribution in [2.75, 3.05) is 6.54 Å². The van der Waals surface area contributed by atoms with Crippen molar-refractivity contribution in [3.8, 4) is 0 Å². The predicted molar refractivity (Wildman–Crippen MR) is 56.1 cm³/mol. The third-order valence-electron chi connectivity index (χ3n) is 3.27. The summed E-state index contributed by atoms with van der Waals surface area (Å²) in [4.78, 5) is 20.8. The lowest BCUT2D eigenvalue weighted by Gasteiger charge is -2.26. The number of rotatable bonds is 1. The van der Waals surface area contributed by atoms with Gasteiger partial charge in [0.1, 0.15) is 6.33 Å². The Labute approximate surface area is 93.1 Å². The van der Waals surface area contributed by atoms with Crippen LogP contribution in [0.2, 0.25) is 0 Å². The summed E-state index contributed by atoms with van der Waals surface area (Å²) in [6.45, 7) is 0.975. The second-order valence-electron chi connectivity index (χ2n) is 4.41. The summed E-state index contributed by atoms with van der Waals surface area (Å²) in [5.41, 5.74) is 3.25. The van der Waals surface area contributed by atoms with Crippen LogP contribution in [0.25, 0.3) is 0 Å². The van der Waals surface area contributed by atoms with E-state index >= 15 is 0 Å². The van der Waals surface area contributed by atoms with E-state index in [0.29, 0.717) is 19.0 Å². The Hall–Kier alpha value is -1.65. The topological polar surface area (TPSA) is 66.3 Å². The molecule has 1 aliphatic heterocycles. The van der Waals surface area contributed by atoms with Crippen LogP contribution in [-0.2, 0) is 13.0 Å². The molecule has 0 radical (unpaired) electrons. The quantitative estimate of drug-likeness (QED) is 0.775. The first-order valence-corrected chi connectivity index (χ1v) is 5.56. The Morgan fingerprint density at radius 2 is 2.25 bits per heavy atom. The zero-order valence-electron chi connectivity index (χ0n) is 8.89. The molecule has 0 unspecified atom stereocenters. The highest BCUT2D eigenvalue weighted by Gasteiger charge is 2.31. The highest BCUT2D eigenvalue weighted by atomic mass is 16.4. The molecule has 0 bridgehead atoms. The Bertz CT molecular complexity index is 443. The van der Waals surface area contributed by atoms with Crippen molar-refractivity contribution < 1.29 is 9.90 Å². The molecule has 1 aromatic heterocycles. The molecule has 3 rings (SSSR count).